The fraction of sp³-hybridized carbons (Fsp3) is 0.0556. The molecule has 4 aromatic rings. The monoisotopic (exact) mass is 288 g/mol. The molecule has 0 aliphatic heterocycles. The van der Waals surface area contributed by atoms with Crippen LogP contribution >= 0.6 is 0 Å². The van der Waals surface area contributed by atoms with Crippen LogP contribution in [0.1, 0.15) is 5.56 Å². The molecule has 0 unspecified atom stereocenters. The van der Waals surface area contributed by atoms with Crippen molar-refractivity contribution in [1.29, 1.82) is 0 Å². The molecule has 0 saturated carbocycles. The molecule has 0 aliphatic carbocycles. The molecule has 4 nitrogen and oxygen atoms in total. The Morgan fingerprint density at radius 3 is 2.64 bits per heavy atom. The fourth-order valence-corrected chi connectivity index (χ4v) is 2.67. The van der Waals surface area contributed by atoms with Crippen molar-refractivity contribution in [3.63, 3.8) is 0 Å². The fourth-order valence-electron chi connectivity index (χ4n) is 2.67. The average Bonchev–Trinajstić information content (AvgIpc) is 2.55. The van der Waals surface area contributed by atoms with Crippen LogP contribution in [0.5, 0.6) is 0 Å². The van der Waals surface area contributed by atoms with Crippen LogP contribution in [0.2, 0.25) is 0 Å². The predicted molar refractivity (Wildman–Crippen MR) is 85.8 cm³/mol. The van der Waals surface area contributed by atoms with Crippen LogP contribution in [0.15, 0.2) is 64.1 Å². The Morgan fingerprint density at radius 2 is 1.77 bits per heavy atom. The molecule has 0 aliphatic rings. The number of nitrogens with zero attached hydrogens (tertiary/aromatic N) is 2. The van der Waals surface area contributed by atoms with Crippen molar-refractivity contribution in [2.75, 3.05) is 0 Å². The lowest BCUT2D eigenvalue weighted by molar-refractivity contribution is 0.518. The van der Waals surface area contributed by atoms with E-state index in [1.54, 1.807) is 12.3 Å². The smallest absolute Gasteiger partial charge is 0.348 e. The lowest BCUT2D eigenvalue weighted by Gasteiger charge is -2.08. The Balaban J connectivity index is 2.08. The highest BCUT2D eigenvalue weighted by atomic mass is 16.4. The van der Waals surface area contributed by atoms with E-state index in [1.165, 1.54) is 11.8 Å². The van der Waals surface area contributed by atoms with Gasteiger partial charge in [0, 0.05) is 18.0 Å². The predicted octanol–water partition coefficient (Wildman–Crippen LogP) is 3.71. The van der Waals surface area contributed by atoms with E-state index in [-0.39, 0.29) is 0 Å². The Bertz CT molecular complexity index is 1070. The third-order valence-electron chi connectivity index (χ3n) is 3.80. The maximum Gasteiger partial charge on any atom is 0.348 e. The zero-order chi connectivity index (χ0) is 15.1. The standard InChI is InChI=1S/C18H12N2O2/c1-11-6-7-14(13-5-3-2-4-12(11)13)17-20-16-8-9-19-10-15(16)18(21)22-17/h2-10H,1H3. The van der Waals surface area contributed by atoms with Crippen molar-refractivity contribution in [1.82, 2.24) is 9.97 Å². The summed E-state index contributed by atoms with van der Waals surface area (Å²) in [5.74, 6) is 0.333. The van der Waals surface area contributed by atoms with Gasteiger partial charge < -0.3 is 4.42 Å². The summed E-state index contributed by atoms with van der Waals surface area (Å²) in [6, 6.07) is 13.7. The zero-order valence-electron chi connectivity index (χ0n) is 11.9. The lowest BCUT2D eigenvalue weighted by atomic mass is 10.0. The molecular formula is C18H12N2O2. The van der Waals surface area contributed by atoms with Crippen molar-refractivity contribution in [3.05, 3.63) is 70.8 Å². The molecule has 4 rings (SSSR count). The molecule has 0 amide bonds. The van der Waals surface area contributed by atoms with Crippen molar-refractivity contribution in [2.24, 2.45) is 0 Å². The quantitative estimate of drug-likeness (QED) is 0.535. The average molecular weight is 288 g/mol. The molecule has 0 radical (unpaired) electrons. The number of fused-ring (bicyclic) bond motifs is 2. The normalized spacial score (nSPS) is 11.1. The summed E-state index contributed by atoms with van der Waals surface area (Å²) in [5, 5.41) is 2.54. The van der Waals surface area contributed by atoms with Crippen LogP contribution in [-0.4, -0.2) is 9.97 Å². The Kier molecular flexibility index (Phi) is 2.76. The summed E-state index contributed by atoms with van der Waals surface area (Å²) >= 11 is 0. The van der Waals surface area contributed by atoms with E-state index in [0.717, 1.165) is 16.3 Å². The minimum absolute atomic E-state index is 0.333. The number of aryl methyl sites for hydroxylation is 1. The number of hydrogen-bond donors (Lipinski definition) is 0. The lowest BCUT2D eigenvalue weighted by Crippen LogP contribution is -2.03. The molecule has 106 valence electrons. The summed E-state index contributed by atoms with van der Waals surface area (Å²) in [7, 11) is 0. The van der Waals surface area contributed by atoms with Gasteiger partial charge in [0.2, 0.25) is 5.89 Å². The highest BCUT2D eigenvalue weighted by Crippen LogP contribution is 2.29. The van der Waals surface area contributed by atoms with Crippen LogP contribution in [0, 0.1) is 6.92 Å². The summed E-state index contributed by atoms with van der Waals surface area (Å²) in [6.45, 7) is 2.06. The first-order valence-corrected chi connectivity index (χ1v) is 6.97. The Hall–Kier alpha value is -3.01. The second-order valence-electron chi connectivity index (χ2n) is 5.17. The van der Waals surface area contributed by atoms with Crippen LogP contribution < -0.4 is 5.63 Å². The number of rotatable bonds is 1. The molecule has 0 N–H and O–H groups in total. The molecule has 0 spiro atoms. The van der Waals surface area contributed by atoms with Crippen molar-refractivity contribution in [2.45, 2.75) is 6.92 Å². The molecule has 0 saturated heterocycles. The molecule has 2 aromatic heterocycles. The molecular weight excluding hydrogens is 276 g/mol. The van der Waals surface area contributed by atoms with Crippen LogP contribution in [-0.2, 0) is 0 Å². The Morgan fingerprint density at radius 1 is 0.955 bits per heavy atom. The maximum atomic E-state index is 12.1. The molecule has 2 aromatic carbocycles. The van der Waals surface area contributed by atoms with E-state index in [2.05, 4.69) is 23.0 Å². The van der Waals surface area contributed by atoms with Gasteiger partial charge in [-0.15, -0.1) is 0 Å². The largest absolute Gasteiger partial charge is 0.403 e. The number of hydrogen-bond acceptors (Lipinski definition) is 4. The number of aromatic nitrogens is 2. The van der Waals surface area contributed by atoms with Gasteiger partial charge in [0.25, 0.3) is 0 Å². The van der Waals surface area contributed by atoms with E-state index >= 15 is 0 Å². The highest BCUT2D eigenvalue weighted by Gasteiger charge is 2.12. The number of benzene rings is 2. The van der Waals surface area contributed by atoms with Crippen molar-refractivity contribution in [3.8, 4) is 11.5 Å². The molecule has 4 heteroatoms. The van der Waals surface area contributed by atoms with Crippen LogP contribution in [0.3, 0.4) is 0 Å². The van der Waals surface area contributed by atoms with E-state index in [0.29, 0.717) is 16.8 Å². The van der Waals surface area contributed by atoms with Gasteiger partial charge in [-0.3, -0.25) is 4.98 Å². The van der Waals surface area contributed by atoms with Gasteiger partial charge in [-0.1, -0.05) is 30.3 Å². The molecule has 2 heterocycles. The first-order chi connectivity index (χ1) is 10.7. The minimum atomic E-state index is -0.419. The molecule has 0 bridgehead atoms. The summed E-state index contributed by atoms with van der Waals surface area (Å²) in [6.07, 6.45) is 3.09. The highest BCUT2D eigenvalue weighted by molar-refractivity contribution is 5.97. The van der Waals surface area contributed by atoms with E-state index in [1.807, 2.05) is 30.3 Å². The minimum Gasteiger partial charge on any atom is -0.403 e. The van der Waals surface area contributed by atoms with E-state index in [4.69, 9.17) is 4.42 Å². The van der Waals surface area contributed by atoms with Gasteiger partial charge in [0.1, 0.15) is 5.39 Å². The second kappa shape index (κ2) is 4.77. The van der Waals surface area contributed by atoms with Gasteiger partial charge in [0.05, 0.1) is 5.52 Å². The second-order valence-corrected chi connectivity index (χ2v) is 5.17. The van der Waals surface area contributed by atoms with E-state index in [9.17, 15) is 4.79 Å². The third kappa shape index (κ3) is 1.89. The first-order valence-electron chi connectivity index (χ1n) is 6.97. The molecule has 0 atom stereocenters. The van der Waals surface area contributed by atoms with Gasteiger partial charge in [-0.05, 0) is 35.4 Å². The SMILES string of the molecule is Cc1ccc(-c2nc3ccncc3c(=O)o2)c2ccccc12. The Labute approximate surface area is 126 Å². The first kappa shape index (κ1) is 12.7. The molecule has 0 fully saturated rings. The van der Waals surface area contributed by atoms with Gasteiger partial charge in [-0.2, -0.15) is 0 Å². The maximum absolute atomic E-state index is 12.1. The molecule has 22 heavy (non-hydrogen) atoms. The van der Waals surface area contributed by atoms with Crippen molar-refractivity contribution < 1.29 is 4.42 Å². The summed E-state index contributed by atoms with van der Waals surface area (Å²) in [4.78, 5) is 20.5. The van der Waals surface area contributed by atoms with Gasteiger partial charge >= 0.3 is 5.63 Å². The third-order valence-corrected chi connectivity index (χ3v) is 3.80. The summed E-state index contributed by atoms with van der Waals surface area (Å²) in [5.41, 5.74) is 2.16. The zero-order valence-corrected chi connectivity index (χ0v) is 11.9. The van der Waals surface area contributed by atoms with Crippen LogP contribution in [0.25, 0.3) is 33.1 Å². The summed E-state index contributed by atoms with van der Waals surface area (Å²) < 4.78 is 5.42. The van der Waals surface area contributed by atoms with E-state index < -0.39 is 5.63 Å². The topological polar surface area (TPSA) is 56.0 Å². The van der Waals surface area contributed by atoms with Crippen molar-refractivity contribution >= 4 is 21.7 Å². The van der Waals surface area contributed by atoms with Crippen LogP contribution in [0.4, 0.5) is 0 Å². The van der Waals surface area contributed by atoms with Gasteiger partial charge in [-0.25, -0.2) is 9.78 Å². The van der Waals surface area contributed by atoms with Gasteiger partial charge in [0.15, 0.2) is 0 Å². The number of pyridine rings is 1.